The number of nitrogens with one attached hydrogen (secondary N) is 1. The zero-order chi connectivity index (χ0) is 17.6. The van der Waals surface area contributed by atoms with Crippen LogP contribution in [0.5, 0.6) is 5.75 Å². The SMILES string of the molecule is COc1ccccc1-c1nnc(SCC(=O)Nc2ccc(I)cc2)o1. The van der Waals surface area contributed by atoms with Gasteiger partial charge in [-0.2, -0.15) is 0 Å². The second-order valence-corrected chi connectivity index (χ2v) is 7.09. The quantitative estimate of drug-likeness (QED) is 0.435. The lowest BCUT2D eigenvalue weighted by molar-refractivity contribution is -0.113. The normalized spacial score (nSPS) is 10.5. The van der Waals surface area contributed by atoms with Crippen molar-refractivity contribution in [3.8, 4) is 17.2 Å². The molecule has 0 radical (unpaired) electrons. The minimum absolute atomic E-state index is 0.136. The Bertz CT molecular complexity index is 868. The highest BCUT2D eigenvalue weighted by molar-refractivity contribution is 14.1. The Morgan fingerprint density at radius 2 is 1.96 bits per heavy atom. The maximum Gasteiger partial charge on any atom is 0.277 e. The van der Waals surface area contributed by atoms with E-state index in [1.165, 1.54) is 11.8 Å². The molecule has 0 aliphatic rings. The van der Waals surface area contributed by atoms with E-state index in [1.807, 2.05) is 48.5 Å². The number of amides is 1. The molecule has 0 fully saturated rings. The van der Waals surface area contributed by atoms with Gasteiger partial charge in [-0.25, -0.2) is 0 Å². The molecule has 1 N–H and O–H groups in total. The van der Waals surface area contributed by atoms with E-state index in [-0.39, 0.29) is 11.7 Å². The van der Waals surface area contributed by atoms with Crippen LogP contribution in [0.3, 0.4) is 0 Å². The summed E-state index contributed by atoms with van der Waals surface area (Å²) in [5.74, 6) is 1.06. The van der Waals surface area contributed by atoms with Gasteiger partial charge in [0.05, 0.1) is 18.4 Å². The number of aromatic nitrogens is 2. The predicted molar refractivity (Wildman–Crippen MR) is 105 cm³/mol. The molecule has 1 aromatic heterocycles. The van der Waals surface area contributed by atoms with Crippen molar-refractivity contribution in [1.29, 1.82) is 0 Å². The topological polar surface area (TPSA) is 77.2 Å². The maximum absolute atomic E-state index is 12.0. The first-order valence-electron chi connectivity index (χ1n) is 7.31. The minimum Gasteiger partial charge on any atom is -0.496 e. The molecular formula is C17H14IN3O3S. The number of halogens is 1. The van der Waals surface area contributed by atoms with Gasteiger partial charge in [0.25, 0.3) is 11.1 Å². The molecule has 0 aliphatic heterocycles. The van der Waals surface area contributed by atoms with Gasteiger partial charge in [0, 0.05) is 9.26 Å². The van der Waals surface area contributed by atoms with Crippen molar-refractivity contribution >= 4 is 45.9 Å². The van der Waals surface area contributed by atoms with E-state index in [2.05, 4.69) is 38.1 Å². The fourth-order valence-corrected chi connectivity index (χ4v) is 2.98. The molecule has 0 saturated heterocycles. The molecule has 0 unspecified atom stereocenters. The van der Waals surface area contributed by atoms with E-state index in [9.17, 15) is 4.79 Å². The summed E-state index contributed by atoms with van der Waals surface area (Å²) >= 11 is 3.40. The summed E-state index contributed by atoms with van der Waals surface area (Å²) in [7, 11) is 1.58. The van der Waals surface area contributed by atoms with Gasteiger partial charge >= 0.3 is 0 Å². The average molecular weight is 467 g/mol. The maximum atomic E-state index is 12.0. The Hall–Kier alpha value is -2.07. The first-order chi connectivity index (χ1) is 12.2. The summed E-state index contributed by atoms with van der Waals surface area (Å²) in [6, 6.07) is 15.0. The van der Waals surface area contributed by atoms with Crippen molar-refractivity contribution < 1.29 is 13.9 Å². The monoisotopic (exact) mass is 467 g/mol. The van der Waals surface area contributed by atoms with Gasteiger partial charge < -0.3 is 14.5 Å². The van der Waals surface area contributed by atoms with E-state index < -0.39 is 0 Å². The molecular weight excluding hydrogens is 453 g/mol. The van der Waals surface area contributed by atoms with Crippen LogP contribution in [0.25, 0.3) is 11.5 Å². The van der Waals surface area contributed by atoms with Crippen LogP contribution in [0.15, 0.2) is 58.2 Å². The van der Waals surface area contributed by atoms with E-state index in [4.69, 9.17) is 9.15 Å². The Morgan fingerprint density at radius 3 is 2.72 bits per heavy atom. The molecule has 0 bridgehead atoms. The average Bonchev–Trinajstić information content (AvgIpc) is 3.11. The molecule has 1 amide bonds. The van der Waals surface area contributed by atoms with Crippen LogP contribution < -0.4 is 10.1 Å². The number of benzene rings is 2. The second kappa shape index (κ2) is 8.34. The summed E-state index contributed by atoms with van der Waals surface area (Å²) in [6.07, 6.45) is 0. The lowest BCUT2D eigenvalue weighted by atomic mass is 10.2. The van der Waals surface area contributed by atoms with E-state index in [1.54, 1.807) is 7.11 Å². The highest BCUT2D eigenvalue weighted by Gasteiger charge is 2.14. The summed E-state index contributed by atoms with van der Waals surface area (Å²) in [5, 5.41) is 11.1. The summed E-state index contributed by atoms with van der Waals surface area (Å²) in [6.45, 7) is 0. The van der Waals surface area contributed by atoms with Gasteiger partial charge in [0.2, 0.25) is 5.91 Å². The van der Waals surface area contributed by atoms with Crippen molar-refractivity contribution in [3.05, 3.63) is 52.1 Å². The zero-order valence-electron chi connectivity index (χ0n) is 13.2. The zero-order valence-corrected chi connectivity index (χ0v) is 16.2. The van der Waals surface area contributed by atoms with Crippen LogP contribution in [0.4, 0.5) is 5.69 Å². The molecule has 8 heteroatoms. The van der Waals surface area contributed by atoms with Crippen LogP contribution in [-0.4, -0.2) is 29.0 Å². The summed E-state index contributed by atoms with van der Waals surface area (Å²) < 4.78 is 12.0. The third-order valence-electron chi connectivity index (χ3n) is 3.20. The lowest BCUT2D eigenvalue weighted by Gasteiger charge is -2.04. The number of nitrogens with zero attached hydrogens (tertiary/aromatic N) is 2. The molecule has 128 valence electrons. The molecule has 1 heterocycles. The van der Waals surface area contributed by atoms with Crippen LogP contribution >= 0.6 is 34.4 Å². The number of anilines is 1. The molecule has 2 aromatic carbocycles. The largest absolute Gasteiger partial charge is 0.496 e. The van der Waals surface area contributed by atoms with Crippen molar-refractivity contribution in [2.24, 2.45) is 0 Å². The van der Waals surface area contributed by atoms with Crippen LogP contribution in [0.1, 0.15) is 0 Å². The number of carbonyl (C=O) groups excluding carboxylic acids is 1. The number of carbonyl (C=O) groups is 1. The third-order valence-corrected chi connectivity index (χ3v) is 4.74. The van der Waals surface area contributed by atoms with Gasteiger partial charge in [-0.3, -0.25) is 4.79 Å². The first-order valence-corrected chi connectivity index (χ1v) is 9.37. The number of methoxy groups -OCH3 is 1. The Morgan fingerprint density at radius 1 is 1.20 bits per heavy atom. The van der Waals surface area contributed by atoms with Crippen LogP contribution in [0.2, 0.25) is 0 Å². The Labute approximate surface area is 162 Å². The smallest absolute Gasteiger partial charge is 0.277 e. The van der Waals surface area contributed by atoms with Crippen molar-refractivity contribution in [2.45, 2.75) is 5.22 Å². The molecule has 25 heavy (non-hydrogen) atoms. The number of hydrogen-bond donors (Lipinski definition) is 1. The number of thioether (sulfide) groups is 1. The molecule has 0 saturated carbocycles. The number of para-hydroxylation sites is 1. The second-order valence-electron chi connectivity index (χ2n) is 4.92. The minimum atomic E-state index is -0.136. The highest BCUT2D eigenvalue weighted by Crippen LogP contribution is 2.30. The van der Waals surface area contributed by atoms with Gasteiger partial charge in [-0.1, -0.05) is 23.9 Å². The van der Waals surface area contributed by atoms with Gasteiger partial charge in [0.1, 0.15) is 5.75 Å². The molecule has 3 rings (SSSR count). The number of rotatable bonds is 6. The lowest BCUT2D eigenvalue weighted by Crippen LogP contribution is -2.13. The van der Waals surface area contributed by atoms with E-state index in [0.717, 1.165) is 9.26 Å². The van der Waals surface area contributed by atoms with Gasteiger partial charge in [0.15, 0.2) is 0 Å². The fourth-order valence-electron chi connectivity index (χ4n) is 2.06. The van der Waals surface area contributed by atoms with E-state index in [0.29, 0.717) is 22.4 Å². The third kappa shape index (κ3) is 4.73. The van der Waals surface area contributed by atoms with Gasteiger partial charge in [-0.05, 0) is 59.0 Å². The van der Waals surface area contributed by atoms with Crippen LogP contribution in [0, 0.1) is 3.57 Å². The number of ether oxygens (including phenoxy) is 1. The molecule has 6 nitrogen and oxygen atoms in total. The van der Waals surface area contributed by atoms with Crippen molar-refractivity contribution in [2.75, 3.05) is 18.2 Å². The van der Waals surface area contributed by atoms with Crippen molar-refractivity contribution in [1.82, 2.24) is 10.2 Å². The molecule has 0 atom stereocenters. The van der Waals surface area contributed by atoms with E-state index >= 15 is 0 Å². The Kier molecular flexibility index (Phi) is 5.92. The molecule has 0 aliphatic carbocycles. The van der Waals surface area contributed by atoms with Crippen molar-refractivity contribution in [3.63, 3.8) is 0 Å². The van der Waals surface area contributed by atoms with Crippen LogP contribution in [-0.2, 0) is 4.79 Å². The first kappa shape index (κ1) is 17.7. The Balaban J connectivity index is 1.60. The predicted octanol–water partition coefficient (Wildman–Crippen LogP) is 4.08. The summed E-state index contributed by atoms with van der Waals surface area (Å²) in [5.41, 5.74) is 1.47. The summed E-state index contributed by atoms with van der Waals surface area (Å²) in [4.78, 5) is 12.0. The van der Waals surface area contributed by atoms with Gasteiger partial charge in [-0.15, -0.1) is 10.2 Å². The molecule has 0 spiro atoms. The standard InChI is InChI=1S/C17H14IN3O3S/c1-23-14-5-3-2-4-13(14)16-20-21-17(24-16)25-10-15(22)19-12-8-6-11(18)7-9-12/h2-9H,10H2,1H3,(H,19,22). The number of hydrogen-bond acceptors (Lipinski definition) is 6. The molecule has 3 aromatic rings. The highest BCUT2D eigenvalue weighted by atomic mass is 127. The fraction of sp³-hybridized carbons (Fsp3) is 0.118.